The van der Waals surface area contributed by atoms with E-state index in [1.807, 2.05) is 30.5 Å². The molecule has 3 aromatic rings. The number of ether oxygens (including phenoxy) is 1. The van der Waals surface area contributed by atoms with Gasteiger partial charge in [0, 0.05) is 34.2 Å². The minimum absolute atomic E-state index is 0.868. The molecule has 74 valence electrons. The molecular formula is C12H10N2O. The third-order valence-corrected chi connectivity index (χ3v) is 2.61. The van der Waals surface area contributed by atoms with Gasteiger partial charge in [-0.3, -0.25) is 4.98 Å². The fourth-order valence-electron chi connectivity index (χ4n) is 1.85. The maximum Gasteiger partial charge on any atom is 0.119 e. The largest absolute Gasteiger partial charge is 0.497 e. The molecule has 0 aliphatic rings. The van der Waals surface area contributed by atoms with Crippen molar-refractivity contribution < 1.29 is 4.74 Å². The van der Waals surface area contributed by atoms with Crippen LogP contribution in [0, 0.1) is 0 Å². The number of hydrogen-bond donors (Lipinski definition) is 1. The molecule has 3 heteroatoms. The van der Waals surface area contributed by atoms with E-state index in [0.29, 0.717) is 0 Å². The Bertz CT molecular complexity index is 628. The molecule has 0 amide bonds. The lowest BCUT2D eigenvalue weighted by molar-refractivity contribution is 0.415. The van der Waals surface area contributed by atoms with E-state index in [4.69, 9.17) is 4.74 Å². The SMILES string of the molecule is COc1ccc2[nH]c3ccncc3c2c1. The highest BCUT2D eigenvalue weighted by molar-refractivity contribution is 6.07. The molecule has 0 spiro atoms. The Morgan fingerprint density at radius 1 is 1.13 bits per heavy atom. The number of nitrogens with one attached hydrogen (secondary N) is 1. The number of hydrogen-bond acceptors (Lipinski definition) is 2. The fourth-order valence-corrected chi connectivity index (χ4v) is 1.85. The van der Waals surface area contributed by atoms with Gasteiger partial charge >= 0.3 is 0 Å². The molecule has 15 heavy (non-hydrogen) atoms. The first-order chi connectivity index (χ1) is 7.38. The second-order valence-electron chi connectivity index (χ2n) is 3.46. The molecule has 0 saturated carbocycles. The summed E-state index contributed by atoms with van der Waals surface area (Å²) in [6.07, 6.45) is 3.66. The molecule has 2 aromatic heterocycles. The molecule has 0 atom stereocenters. The highest BCUT2D eigenvalue weighted by atomic mass is 16.5. The summed E-state index contributed by atoms with van der Waals surface area (Å²) in [5, 5.41) is 2.28. The third kappa shape index (κ3) is 1.16. The van der Waals surface area contributed by atoms with Gasteiger partial charge < -0.3 is 9.72 Å². The first kappa shape index (κ1) is 8.29. The van der Waals surface area contributed by atoms with Crippen LogP contribution < -0.4 is 4.74 Å². The number of aromatic nitrogens is 2. The quantitative estimate of drug-likeness (QED) is 0.652. The lowest BCUT2D eigenvalue weighted by Crippen LogP contribution is -1.80. The highest BCUT2D eigenvalue weighted by Crippen LogP contribution is 2.27. The number of pyridine rings is 1. The Labute approximate surface area is 86.7 Å². The average Bonchev–Trinajstić information content (AvgIpc) is 2.66. The van der Waals surface area contributed by atoms with Crippen LogP contribution in [-0.2, 0) is 0 Å². The van der Waals surface area contributed by atoms with Gasteiger partial charge in [0.1, 0.15) is 5.75 Å². The minimum atomic E-state index is 0.868. The van der Waals surface area contributed by atoms with E-state index in [2.05, 4.69) is 9.97 Å². The molecular weight excluding hydrogens is 188 g/mol. The van der Waals surface area contributed by atoms with Crippen molar-refractivity contribution in [1.29, 1.82) is 0 Å². The highest BCUT2D eigenvalue weighted by Gasteiger charge is 2.04. The average molecular weight is 198 g/mol. The smallest absolute Gasteiger partial charge is 0.119 e. The Kier molecular flexibility index (Phi) is 1.65. The van der Waals surface area contributed by atoms with Crippen molar-refractivity contribution in [2.75, 3.05) is 7.11 Å². The lowest BCUT2D eigenvalue weighted by Gasteiger charge is -1.98. The van der Waals surface area contributed by atoms with Crippen molar-refractivity contribution >= 4 is 21.8 Å². The van der Waals surface area contributed by atoms with Crippen LogP contribution in [0.1, 0.15) is 0 Å². The number of nitrogens with zero attached hydrogens (tertiary/aromatic N) is 1. The molecule has 0 saturated heterocycles. The minimum Gasteiger partial charge on any atom is -0.497 e. The molecule has 2 heterocycles. The summed E-state index contributed by atoms with van der Waals surface area (Å²) in [7, 11) is 1.67. The molecule has 1 aromatic carbocycles. The summed E-state index contributed by atoms with van der Waals surface area (Å²) in [5.41, 5.74) is 2.21. The molecule has 0 aliphatic carbocycles. The number of aromatic amines is 1. The monoisotopic (exact) mass is 198 g/mol. The van der Waals surface area contributed by atoms with Crippen LogP contribution in [0.25, 0.3) is 21.8 Å². The Hall–Kier alpha value is -2.03. The number of fused-ring (bicyclic) bond motifs is 3. The van der Waals surface area contributed by atoms with Crippen molar-refractivity contribution in [3.8, 4) is 5.75 Å². The first-order valence-electron chi connectivity index (χ1n) is 4.78. The van der Waals surface area contributed by atoms with Gasteiger partial charge in [0.25, 0.3) is 0 Å². The standard InChI is InChI=1S/C12H10N2O/c1-15-8-2-3-11-9(6-8)10-7-13-5-4-12(10)14-11/h2-7,14H,1H3. The van der Waals surface area contributed by atoms with Crippen molar-refractivity contribution in [1.82, 2.24) is 9.97 Å². The predicted molar refractivity (Wildman–Crippen MR) is 60.2 cm³/mol. The number of methoxy groups -OCH3 is 1. The molecule has 0 unspecified atom stereocenters. The normalized spacial score (nSPS) is 11.0. The topological polar surface area (TPSA) is 37.9 Å². The number of rotatable bonds is 1. The molecule has 0 radical (unpaired) electrons. The Morgan fingerprint density at radius 3 is 2.87 bits per heavy atom. The maximum atomic E-state index is 5.21. The molecule has 0 fully saturated rings. The van der Waals surface area contributed by atoms with Crippen molar-refractivity contribution in [2.45, 2.75) is 0 Å². The summed E-state index contributed by atoms with van der Waals surface area (Å²) in [5.74, 6) is 0.868. The predicted octanol–water partition coefficient (Wildman–Crippen LogP) is 2.72. The Balaban J connectivity index is 2.46. The molecule has 3 rings (SSSR count). The number of H-pyrrole nitrogens is 1. The zero-order valence-corrected chi connectivity index (χ0v) is 8.32. The van der Waals surface area contributed by atoms with Crippen LogP contribution in [0.5, 0.6) is 5.75 Å². The maximum absolute atomic E-state index is 5.21. The van der Waals surface area contributed by atoms with Crippen molar-refractivity contribution in [2.24, 2.45) is 0 Å². The van der Waals surface area contributed by atoms with Gasteiger partial charge in [-0.05, 0) is 24.3 Å². The van der Waals surface area contributed by atoms with E-state index in [1.165, 1.54) is 0 Å². The van der Waals surface area contributed by atoms with Crippen LogP contribution in [-0.4, -0.2) is 17.1 Å². The molecule has 0 bridgehead atoms. The van der Waals surface area contributed by atoms with Gasteiger partial charge in [-0.2, -0.15) is 0 Å². The first-order valence-corrected chi connectivity index (χ1v) is 4.78. The summed E-state index contributed by atoms with van der Waals surface area (Å²) in [6, 6.07) is 7.97. The van der Waals surface area contributed by atoms with Gasteiger partial charge in [0.2, 0.25) is 0 Å². The second-order valence-corrected chi connectivity index (χ2v) is 3.46. The fraction of sp³-hybridized carbons (Fsp3) is 0.0833. The van der Waals surface area contributed by atoms with Gasteiger partial charge in [-0.25, -0.2) is 0 Å². The lowest BCUT2D eigenvalue weighted by atomic mass is 10.2. The summed E-state index contributed by atoms with van der Waals surface area (Å²) in [4.78, 5) is 7.46. The second kappa shape index (κ2) is 2.98. The van der Waals surface area contributed by atoms with E-state index in [0.717, 1.165) is 27.6 Å². The van der Waals surface area contributed by atoms with Crippen LogP contribution in [0.15, 0.2) is 36.7 Å². The van der Waals surface area contributed by atoms with Crippen LogP contribution in [0.4, 0.5) is 0 Å². The van der Waals surface area contributed by atoms with Crippen LogP contribution in [0.2, 0.25) is 0 Å². The van der Waals surface area contributed by atoms with Gasteiger partial charge in [-0.1, -0.05) is 0 Å². The molecule has 3 nitrogen and oxygen atoms in total. The summed E-state index contributed by atoms with van der Waals surface area (Å²) >= 11 is 0. The molecule has 0 aliphatic heterocycles. The third-order valence-electron chi connectivity index (χ3n) is 2.61. The van der Waals surface area contributed by atoms with Gasteiger partial charge in [-0.15, -0.1) is 0 Å². The van der Waals surface area contributed by atoms with Crippen LogP contribution in [0.3, 0.4) is 0 Å². The molecule has 1 N–H and O–H groups in total. The Morgan fingerprint density at radius 2 is 2.00 bits per heavy atom. The van der Waals surface area contributed by atoms with Gasteiger partial charge in [0.15, 0.2) is 0 Å². The van der Waals surface area contributed by atoms with E-state index >= 15 is 0 Å². The van der Waals surface area contributed by atoms with Crippen molar-refractivity contribution in [3.05, 3.63) is 36.7 Å². The van der Waals surface area contributed by atoms with Crippen LogP contribution >= 0.6 is 0 Å². The zero-order chi connectivity index (χ0) is 10.3. The van der Waals surface area contributed by atoms with E-state index < -0.39 is 0 Å². The number of benzene rings is 1. The van der Waals surface area contributed by atoms with E-state index in [9.17, 15) is 0 Å². The van der Waals surface area contributed by atoms with Gasteiger partial charge in [0.05, 0.1) is 7.11 Å². The van der Waals surface area contributed by atoms with Crippen molar-refractivity contribution in [3.63, 3.8) is 0 Å². The summed E-state index contributed by atoms with van der Waals surface area (Å²) in [6.45, 7) is 0. The summed E-state index contributed by atoms with van der Waals surface area (Å²) < 4.78 is 5.21. The van der Waals surface area contributed by atoms with E-state index in [1.54, 1.807) is 13.3 Å². The zero-order valence-electron chi connectivity index (χ0n) is 8.32. The van der Waals surface area contributed by atoms with E-state index in [-0.39, 0.29) is 0 Å².